The molecule has 2 heteroatoms. The number of rotatable bonds is 2. The van der Waals surface area contributed by atoms with Gasteiger partial charge in [0.25, 0.3) is 0 Å². The fraction of sp³-hybridized carbons (Fsp3) is 1.00. The molecule has 3 rings (SSSR count). The zero-order valence-electron chi connectivity index (χ0n) is 10.7. The summed E-state index contributed by atoms with van der Waals surface area (Å²) in [5, 5.41) is 0. The van der Waals surface area contributed by atoms with Crippen LogP contribution >= 0.6 is 0 Å². The van der Waals surface area contributed by atoms with Crippen LogP contribution in [0, 0.1) is 17.8 Å². The average Bonchev–Trinajstić information content (AvgIpc) is 2.77. The Morgan fingerprint density at radius 2 is 1.81 bits per heavy atom. The lowest BCUT2D eigenvalue weighted by Gasteiger charge is -2.38. The van der Waals surface area contributed by atoms with Gasteiger partial charge in [0, 0.05) is 19.6 Å². The van der Waals surface area contributed by atoms with Crippen LogP contribution < -0.4 is 0 Å². The Labute approximate surface area is 99.3 Å². The first-order valence-corrected chi connectivity index (χ1v) is 7.08. The highest BCUT2D eigenvalue weighted by Crippen LogP contribution is 2.48. The van der Waals surface area contributed by atoms with Gasteiger partial charge in [0.05, 0.1) is 12.2 Å². The third kappa shape index (κ3) is 2.14. The van der Waals surface area contributed by atoms with Gasteiger partial charge in [-0.1, -0.05) is 6.42 Å². The van der Waals surface area contributed by atoms with Gasteiger partial charge in [-0.2, -0.15) is 0 Å². The summed E-state index contributed by atoms with van der Waals surface area (Å²) >= 11 is 0. The molecule has 0 aromatic rings. The summed E-state index contributed by atoms with van der Waals surface area (Å²) in [5.41, 5.74) is 0. The van der Waals surface area contributed by atoms with E-state index in [4.69, 9.17) is 4.74 Å². The number of nitrogens with zero attached hydrogens (tertiary/aromatic N) is 1. The number of hydrogen-bond donors (Lipinski definition) is 0. The van der Waals surface area contributed by atoms with E-state index in [1.165, 1.54) is 25.8 Å². The minimum Gasteiger partial charge on any atom is -0.373 e. The molecule has 1 heterocycles. The van der Waals surface area contributed by atoms with E-state index in [1.807, 2.05) is 0 Å². The van der Waals surface area contributed by atoms with E-state index in [0.29, 0.717) is 12.2 Å². The molecule has 0 amide bonds. The monoisotopic (exact) mass is 223 g/mol. The van der Waals surface area contributed by atoms with Crippen LogP contribution in [-0.2, 0) is 4.74 Å². The first-order chi connectivity index (χ1) is 7.70. The van der Waals surface area contributed by atoms with Crippen LogP contribution in [0.4, 0.5) is 0 Å². The topological polar surface area (TPSA) is 12.5 Å². The molecule has 5 atom stereocenters. The lowest BCUT2D eigenvalue weighted by Crippen LogP contribution is -2.47. The van der Waals surface area contributed by atoms with Crippen LogP contribution in [0.3, 0.4) is 0 Å². The van der Waals surface area contributed by atoms with Crippen molar-refractivity contribution in [2.75, 3.05) is 19.6 Å². The maximum absolute atomic E-state index is 5.80. The first-order valence-electron chi connectivity index (χ1n) is 7.08. The maximum atomic E-state index is 5.80. The molecular formula is C14H25NO. The standard InChI is InChI=1S/C14H25NO/c1-10-7-15(8-11(2)16-10)9-14-6-12-3-4-13(14)5-12/h10-14H,3-9H2,1-2H3. The van der Waals surface area contributed by atoms with Crippen molar-refractivity contribution in [2.45, 2.75) is 51.7 Å². The molecule has 0 radical (unpaired) electrons. The van der Waals surface area contributed by atoms with Crippen molar-refractivity contribution < 1.29 is 4.74 Å². The second kappa shape index (κ2) is 4.30. The molecule has 5 unspecified atom stereocenters. The van der Waals surface area contributed by atoms with E-state index in [9.17, 15) is 0 Å². The Hall–Kier alpha value is -0.0800. The fourth-order valence-electron chi connectivity index (χ4n) is 4.37. The van der Waals surface area contributed by atoms with Crippen LogP contribution in [0.5, 0.6) is 0 Å². The van der Waals surface area contributed by atoms with Gasteiger partial charge in [0.1, 0.15) is 0 Å². The van der Waals surface area contributed by atoms with E-state index < -0.39 is 0 Å². The summed E-state index contributed by atoms with van der Waals surface area (Å²) in [5.74, 6) is 3.17. The predicted molar refractivity (Wildman–Crippen MR) is 65.4 cm³/mol. The van der Waals surface area contributed by atoms with Crippen molar-refractivity contribution in [3.8, 4) is 0 Å². The Morgan fingerprint density at radius 1 is 1.06 bits per heavy atom. The molecule has 2 bridgehead atoms. The van der Waals surface area contributed by atoms with E-state index in [0.717, 1.165) is 30.8 Å². The van der Waals surface area contributed by atoms with Crippen molar-refractivity contribution in [1.82, 2.24) is 4.90 Å². The molecule has 0 N–H and O–H groups in total. The maximum Gasteiger partial charge on any atom is 0.0678 e. The Kier molecular flexibility index (Phi) is 2.97. The minimum absolute atomic E-state index is 0.433. The predicted octanol–water partition coefficient (Wildman–Crippen LogP) is 2.53. The van der Waals surface area contributed by atoms with Gasteiger partial charge in [0.15, 0.2) is 0 Å². The van der Waals surface area contributed by atoms with E-state index in [1.54, 1.807) is 6.42 Å². The molecule has 0 aromatic heterocycles. The summed E-state index contributed by atoms with van der Waals surface area (Å²) in [6.45, 7) is 8.07. The van der Waals surface area contributed by atoms with Gasteiger partial charge in [0.2, 0.25) is 0 Å². The highest BCUT2D eigenvalue weighted by atomic mass is 16.5. The van der Waals surface area contributed by atoms with Crippen molar-refractivity contribution in [3.05, 3.63) is 0 Å². The molecule has 92 valence electrons. The molecule has 16 heavy (non-hydrogen) atoms. The van der Waals surface area contributed by atoms with Crippen LogP contribution in [0.2, 0.25) is 0 Å². The van der Waals surface area contributed by atoms with E-state index in [2.05, 4.69) is 18.7 Å². The third-order valence-electron chi connectivity index (χ3n) is 4.87. The second-order valence-corrected chi connectivity index (χ2v) is 6.41. The fourth-order valence-corrected chi connectivity index (χ4v) is 4.37. The van der Waals surface area contributed by atoms with Crippen LogP contribution in [0.1, 0.15) is 39.5 Å². The molecule has 0 spiro atoms. The highest BCUT2D eigenvalue weighted by Gasteiger charge is 2.40. The largest absolute Gasteiger partial charge is 0.373 e. The Bertz CT molecular complexity index is 245. The average molecular weight is 223 g/mol. The molecular weight excluding hydrogens is 198 g/mol. The lowest BCUT2D eigenvalue weighted by molar-refractivity contribution is -0.0730. The number of hydrogen-bond acceptors (Lipinski definition) is 2. The quantitative estimate of drug-likeness (QED) is 0.713. The molecule has 1 saturated heterocycles. The van der Waals surface area contributed by atoms with Crippen molar-refractivity contribution in [3.63, 3.8) is 0 Å². The van der Waals surface area contributed by atoms with Crippen LogP contribution in [-0.4, -0.2) is 36.7 Å². The van der Waals surface area contributed by atoms with E-state index >= 15 is 0 Å². The van der Waals surface area contributed by atoms with Crippen molar-refractivity contribution in [1.29, 1.82) is 0 Å². The Morgan fingerprint density at radius 3 is 2.38 bits per heavy atom. The highest BCUT2D eigenvalue weighted by molar-refractivity contribution is 4.91. The molecule has 3 fully saturated rings. The molecule has 3 aliphatic rings. The van der Waals surface area contributed by atoms with Gasteiger partial charge in [-0.3, -0.25) is 4.90 Å². The smallest absolute Gasteiger partial charge is 0.0678 e. The van der Waals surface area contributed by atoms with Crippen LogP contribution in [0.15, 0.2) is 0 Å². The van der Waals surface area contributed by atoms with Gasteiger partial charge in [-0.15, -0.1) is 0 Å². The zero-order chi connectivity index (χ0) is 11.1. The summed E-state index contributed by atoms with van der Waals surface area (Å²) in [4.78, 5) is 2.66. The summed E-state index contributed by atoms with van der Waals surface area (Å²) in [6, 6.07) is 0. The van der Waals surface area contributed by atoms with Gasteiger partial charge >= 0.3 is 0 Å². The van der Waals surface area contributed by atoms with Crippen molar-refractivity contribution >= 4 is 0 Å². The van der Waals surface area contributed by atoms with Crippen LogP contribution in [0.25, 0.3) is 0 Å². The molecule has 0 aromatic carbocycles. The summed E-state index contributed by atoms with van der Waals surface area (Å²) in [6.07, 6.45) is 6.97. The zero-order valence-corrected chi connectivity index (χ0v) is 10.7. The normalized spacial score (nSPS) is 48.8. The number of fused-ring (bicyclic) bond motifs is 2. The molecule has 2 aliphatic carbocycles. The molecule has 1 aliphatic heterocycles. The number of ether oxygens (including phenoxy) is 1. The number of morpholine rings is 1. The second-order valence-electron chi connectivity index (χ2n) is 6.41. The van der Waals surface area contributed by atoms with Gasteiger partial charge in [-0.05, 0) is 50.9 Å². The van der Waals surface area contributed by atoms with Gasteiger partial charge in [-0.25, -0.2) is 0 Å². The Balaban J connectivity index is 1.54. The van der Waals surface area contributed by atoms with E-state index in [-0.39, 0.29) is 0 Å². The minimum atomic E-state index is 0.433. The molecule has 2 saturated carbocycles. The third-order valence-corrected chi connectivity index (χ3v) is 4.87. The molecule has 2 nitrogen and oxygen atoms in total. The SMILES string of the molecule is CC1CN(CC2CC3CCC2C3)CC(C)O1. The first kappa shape index (κ1) is 11.0. The summed E-state index contributed by atoms with van der Waals surface area (Å²) in [7, 11) is 0. The lowest BCUT2D eigenvalue weighted by atomic mass is 9.88. The van der Waals surface area contributed by atoms with Gasteiger partial charge < -0.3 is 4.74 Å². The van der Waals surface area contributed by atoms with Crippen molar-refractivity contribution in [2.24, 2.45) is 17.8 Å². The summed E-state index contributed by atoms with van der Waals surface area (Å²) < 4.78 is 5.80.